The molecular formula is C29H33F3. The second-order valence-corrected chi connectivity index (χ2v) is 9.59. The number of aryl methyl sites for hydroxylation is 1. The second-order valence-electron chi connectivity index (χ2n) is 9.59. The zero-order valence-electron chi connectivity index (χ0n) is 18.9. The number of rotatable bonds is 6. The van der Waals surface area contributed by atoms with Gasteiger partial charge in [-0.05, 0) is 99.2 Å². The molecule has 0 N–H and O–H groups in total. The Morgan fingerprint density at radius 3 is 2.41 bits per heavy atom. The van der Waals surface area contributed by atoms with E-state index in [1.54, 1.807) is 18.2 Å². The molecule has 0 aliphatic heterocycles. The summed E-state index contributed by atoms with van der Waals surface area (Å²) < 4.78 is 44.4. The molecule has 2 aromatic carbocycles. The maximum atomic E-state index is 15.1. The highest BCUT2D eigenvalue weighted by Crippen LogP contribution is 2.48. The SMILES string of the molecule is C=CC1CCC2CC(c3ccc(-c4ccc(CC/C=C/C)c(F)c4F)c(F)c3)CCC2C1. The molecule has 4 rings (SSSR count). The lowest BCUT2D eigenvalue weighted by atomic mass is 9.64. The average molecular weight is 439 g/mol. The van der Waals surface area contributed by atoms with Crippen LogP contribution in [0.15, 0.2) is 55.1 Å². The first-order valence-corrected chi connectivity index (χ1v) is 12.0. The summed E-state index contributed by atoms with van der Waals surface area (Å²) in [4.78, 5) is 0. The molecule has 0 amide bonds. The van der Waals surface area contributed by atoms with E-state index in [2.05, 4.69) is 12.7 Å². The van der Waals surface area contributed by atoms with Crippen molar-refractivity contribution >= 4 is 0 Å². The number of fused-ring (bicyclic) bond motifs is 1. The Morgan fingerprint density at radius 1 is 0.906 bits per heavy atom. The molecule has 2 aromatic rings. The molecule has 0 bridgehead atoms. The van der Waals surface area contributed by atoms with Crippen LogP contribution in [0.4, 0.5) is 13.2 Å². The van der Waals surface area contributed by atoms with Crippen LogP contribution in [0, 0.1) is 35.2 Å². The highest BCUT2D eigenvalue weighted by Gasteiger charge is 2.35. The van der Waals surface area contributed by atoms with Gasteiger partial charge in [-0.2, -0.15) is 0 Å². The van der Waals surface area contributed by atoms with Crippen molar-refractivity contribution in [3.8, 4) is 11.1 Å². The van der Waals surface area contributed by atoms with Crippen LogP contribution in [0.5, 0.6) is 0 Å². The number of hydrogen-bond acceptors (Lipinski definition) is 0. The third kappa shape index (κ3) is 4.72. The molecule has 32 heavy (non-hydrogen) atoms. The maximum Gasteiger partial charge on any atom is 0.167 e. The normalized spacial score (nSPS) is 25.6. The molecule has 0 nitrogen and oxygen atoms in total. The zero-order chi connectivity index (χ0) is 22.7. The first-order chi connectivity index (χ1) is 15.5. The standard InChI is InChI=1S/C29H33F3/c1-3-5-6-7-20-12-15-26(29(32)28(20)31)25-14-13-24(18-27(25)30)23-11-10-21-16-19(4-2)8-9-22(21)17-23/h3-5,12-15,18-19,21-23H,2,6-11,16-17H2,1H3/b5-3+. The molecule has 2 fully saturated rings. The minimum atomic E-state index is -0.964. The van der Waals surface area contributed by atoms with E-state index < -0.39 is 17.5 Å². The van der Waals surface area contributed by atoms with Gasteiger partial charge in [0, 0.05) is 11.1 Å². The molecule has 4 atom stereocenters. The lowest BCUT2D eigenvalue weighted by Crippen LogP contribution is -2.30. The van der Waals surface area contributed by atoms with Crippen LogP contribution in [-0.4, -0.2) is 0 Å². The summed E-state index contributed by atoms with van der Waals surface area (Å²) in [6.07, 6.45) is 14.0. The smallest absolute Gasteiger partial charge is 0.167 e. The largest absolute Gasteiger partial charge is 0.206 e. The van der Waals surface area contributed by atoms with Gasteiger partial charge in [0.05, 0.1) is 0 Å². The second kappa shape index (κ2) is 10.1. The average Bonchev–Trinajstić information content (AvgIpc) is 2.81. The first kappa shape index (κ1) is 22.9. The summed E-state index contributed by atoms with van der Waals surface area (Å²) in [6, 6.07) is 8.17. The lowest BCUT2D eigenvalue weighted by Gasteiger charge is -2.41. The van der Waals surface area contributed by atoms with Crippen LogP contribution in [0.1, 0.15) is 68.9 Å². The number of halogens is 3. The molecule has 2 aliphatic carbocycles. The Balaban J connectivity index is 1.50. The van der Waals surface area contributed by atoms with Crippen LogP contribution in [0.3, 0.4) is 0 Å². The first-order valence-electron chi connectivity index (χ1n) is 12.0. The Morgan fingerprint density at radius 2 is 1.66 bits per heavy atom. The molecule has 0 spiro atoms. The number of allylic oxidation sites excluding steroid dienone is 3. The molecule has 0 radical (unpaired) electrons. The van der Waals surface area contributed by atoms with Gasteiger partial charge < -0.3 is 0 Å². The van der Waals surface area contributed by atoms with Crippen molar-refractivity contribution in [3.05, 3.63) is 83.7 Å². The number of hydrogen-bond donors (Lipinski definition) is 0. The molecule has 170 valence electrons. The van der Waals surface area contributed by atoms with Gasteiger partial charge in [0.1, 0.15) is 5.82 Å². The molecule has 0 aromatic heterocycles. The molecule has 2 saturated carbocycles. The van der Waals surface area contributed by atoms with Crippen molar-refractivity contribution in [2.24, 2.45) is 17.8 Å². The van der Waals surface area contributed by atoms with Crippen LogP contribution in [0.2, 0.25) is 0 Å². The van der Waals surface area contributed by atoms with Gasteiger partial charge in [-0.1, -0.05) is 42.5 Å². The quantitative estimate of drug-likeness (QED) is 0.395. The third-order valence-electron chi connectivity index (χ3n) is 7.72. The van der Waals surface area contributed by atoms with Crippen molar-refractivity contribution in [3.63, 3.8) is 0 Å². The van der Waals surface area contributed by atoms with Crippen molar-refractivity contribution < 1.29 is 13.2 Å². The predicted molar refractivity (Wildman–Crippen MR) is 126 cm³/mol. The number of benzene rings is 2. The summed E-state index contributed by atoms with van der Waals surface area (Å²) in [5.41, 5.74) is 1.43. The van der Waals surface area contributed by atoms with E-state index in [9.17, 15) is 8.78 Å². The topological polar surface area (TPSA) is 0 Å². The van der Waals surface area contributed by atoms with Gasteiger partial charge in [0.25, 0.3) is 0 Å². The summed E-state index contributed by atoms with van der Waals surface area (Å²) in [7, 11) is 0. The van der Waals surface area contributed by atoms with Gasteiger partial charge in [0.2, 0.25) is 0 Å². The van der Waals surface area contributed by atoms with Crippen LogP contribution >= 0.6 is 0 Å². The Bertz CT molecular complexity index is 990. The molecule has 0 heterocycles. The monoisotopic (exact) mass is 438 g/mol. The molecule has 3 heteroatoms. The molecular weight excluding hydrogens is 405 g/mol. The summed E-state index contributed by atoms with van der Waals surface area (Å²) in [5, 5.41) is 0. The molecule has 2 aliphatic rings. The van der Waals surface area contributed by atoms with Gasteiger partial charge in [0.15, 0.2) is 11.6 Å². The zero-order valence-corrected chi connectivity index (χ0v) is 18.9. The van der Waals surface area contributed by atoms with E-state index in [-0.39, 0.29) is 11.1 Å². The van der Waals surface area contributed by atoms with E-state index in [0.717, 1.165) is 24.3 Å². The fraction of sp³-hybridized carbons (Fsp3) is 0.448. The van der Waals surface area contributed by atoms with Crippen LogP contribution < -0.4 is 0 Å². The third-order valence-corrected chi connectivity index (χ3v) is 7.72. The van der Waals surface area contributed by atoms with Crippen molar-refractivity contribution in [2.75, 3.05) is 0 Å². The van der Waals surface area contributed by atoms with Crippen LogP contribution in [0.25, 0.3) is 11.1 Å². The van der Waals surface area contributed by atoms with E-state index in [1.165, 1.54) is 31.7 Å². The fourth-order valence-electron chi connectivity index (χ4n) is 5.84. The molecule has 4 unspecified atom stereocenters. The highest BCUT2D eigenvalue weighted by molar-refractivity contribution is 5.66. The van der Waals surface area contributed by atoms with Gasteiger partial charge in [-0.3, -0.25) is 0 Å². The minimum absolute atomic E-state index is 0.00668. The minimum Gasteiger partial charge on any atom is -0.206 e. The lowest BCUT2D eigenvalue weighted by molar-refractivity contribution is 0.133. The van der Waals surface area contributed by atoms with E-state index in [0.29, 0.717) is 36.2 Å². The summed E-state index contributed by atoms with van der Waals surface area (Å²) in [6.45, 7) is 5.86. The van der Waals surface area contributed by atoms with E-state index in [4.69, 9.17) is 0 Å². The van der Waals surface area contributed by atoms with Gasteiger partial charge in [-0.15, -0.1) is 6.58 Å². The van der Waals surface area contributed by atoms with Crippen molar-refractivity contribution in [1.82, 2.24) is 0 Å². The maximum absolute atomic E-state index is 15.1. The fourth-order valence-corrected chi connectivity index (χ4v) is 5.84. The summed E-state index contributed by atoms with van der Waals surface area (Å²) >= 11 is 0. The van der Waals surface area contributed by atoms with Gasteiger partial charge in [-0.25, -0.2) is 13.2 Å². The van der Waals surface area contributed by atoms with Crippen molar-refractivity contribution in [1.29, 1.82) is 0 Å². The van der Waals surface area contributed by atoms with E-state index >= 15 is 4.39 Å². The highest BCUT2D eigenvalue weighted by atomic mass is 19.2. The Labute approximate surface area is 190 Å². The van der Waals surface area contributed by atoms with E-state index in [1.807, 2.05) is 25.1 Å². The summed E-state index contributed by atoms with van der Waals surface area (Å²) in [5.74, 6) is 0.146. The predicted octanol–water partition coefficient (Wildman–Crippen LogP) is 8.77. The van der Waals surface area contributed by atoms with Crippen LogP contribution in [-0.2, 0) is 6.42 Å². The van der Waals surface area contributed by atoms with Gasteiger partial charge >= 0.3 is 0 Å². The Hall–Kier alpha value is -2.29. The van der Waals surface area contributed by atoms with Crippen molar-refractivity contribution in [2.45, 2.75) is 64.2 Å². The molecule has 0 saturated heterocycles. The Kier molecular flexibility index (Phi) is 7.23.